The zero-order valence-corrected chi connectivity index (χ0v) is 11.3. The van der Waals surface area contributed by atoms with Crippen molar-refractivity contribution in [3.8, 4) is 0 Å². The topological polar surface area (TPSA) is 46.2 Å². The van der Waals surface area contributed by atoms with Crippen LogP contribution >= 0.6 is 11.6 Å². The van der Waals surface area contributed by atoms with Crippen molar-refractivity contribution in [3.05, 3.63) is 59.1 Å². The summed E-state index contributed by atoms with van der Waals surface area (Å²) in [6, 6.07) is 13.3. The Hall–Kier alpha value is -1.52. The number of halogens is 1. The fraction of sp³-hybridized carbons (Fsp3) is 0.0769. The minimum Gasteiger partial charge on any atom is -0.280 e. The van der Waals surface area contributed by atoms with Gasteiger partial charge < -0.3 is 0 Å². The molecule has 0 radical (unpaired) electrons. The first-order chi connectivity index (χ1) is 8.47. The summed E-state index contributed by atoms with van der Waals surface area (Å²) in [5.74, 6) is 0. The Bertz CT molecular complexity index is 668. The van der Waals surface area contributed by atoms with Gasteiger partial charge in [0.1, 0.15) is 0 Å². The second-order valence-corrected chi connectivity index (χ2v) is 6.05. The number of rotatable bonds is 3. The summed E-state index contributed by atoms with van der Waals surface area (Å²) in [5.41, 5.74) is 1.52. The third-order valence-electron chi connectivity index (χ3n) is 2.38. The fourth-order valence-corrected chi connectivity index (χ4v) is 2.91. The van der Waals surface area contributed by atoms with E-state index in [2.05, 4.69) is 4.72 Å². The van der Waals surface area contributed by atoms with Gasteiger partial charge in [0, 0.05) is 10.7 Å². The molecule has 2 aromatic rings. The summed E-state index contributed by atoms with van der Waals surface area (Å²) >= 11 is 5.79. The summed E-state index contributed by atoms with van der Waals surface area (Å²) in [5, 5.41) is 0.391. The molecule has 2 rings (SSSR count). The zero-order valence-electron chi connectivity index (χ0n) is 9.72. The van der Waals surface area contributed by atoms with E-state index < -0.39 is 10.0 Å². The van der Waals surface area contributed by atoms with Gasteiger partial charge in [-0.1, -0.05) is 29.8 Å². The van der Waals surface area contributed by atoms with Crippen molar-refractivity contribution in [3.63, 3.8) is 0 Å². The van der Waals surface area contributed by atoms with Crippen LogP contribution in [0.25, 0.3) is 0 Å². The monoisotopic (exact) mass is 281 g/mol. The summed E-state index contributed by atoms with van der Waals surface area (Å²) < 4.78 is 26.7. The van der Waals surface area contributed by atoms with Gasteiger partial charge in [-0.2, -0.15) is 0 Å². The van der Waals surface area contributed by atoms with E-state index in [1.165, 1.54) is 12.1 Å². The van der Waals surface area contributed by atoms with E-state index in [0.717, 1.165) is 5.56 Å². The SMILES string of the molecule is Cc1cccc(NS(=O)(=O)c2cccc(Cl)c2)c1. The molecular weight excluding hydrogens is 270 g/mol. The number of anilines is 1. The van der Waals surface area contributed by atoms with Crippen LogP contribution in [0, 0.1) is 6.92 Å². The van der Waals surface area contributed by atoms with Crippen molar-refractivity contribution >= 4 is 27.3 Å². The van der Waals surface area contributed by atoms with Crippen LogP contribution in [0.5, 0.6) is 0 Å². The number of benzene rings is 2. The molecule has 0 amide bonds. The van der Waals surface area contributed by atoms with E-state index >= 15 is 0 Å². The van der Waals surface area contributed by atoms with Gasteiger partial charge >= 0.3 is 0 Å². The quantitative estimate of drug-likeness (QED) is 0.937. The maximum Gasteiger partial charge on any atom is 0.261 e. The second-order valence-electron chi connectivity index (χ2n) is 3.93. The molecule has 1 N–H and O–H groups in total. The summed E-state index contributed by atoms with van der Waals surface area (Å²) in [6.07, 6.45) is 0. The Kier molecular flexibility index (Phi) is 3.59. The van der Waals surface area contributed by atoms with Crippen molar-refractivity contribution < 1.29 is 8.42 Å². The molecule has 0 unspecified atom stereocenters. The molecule has 0 aromatic heterocycles. The average molecular weight is 282 g/mol. The molecule has 0 fully saturated rings. The Morgan fingerprint density at radius 1 is 1.06 bits per heavy atom. The molecule has 0 bridgehead atoms. The van der Waals surface area contributed by atoms with Crippen LogP contribution < -0.4 is 4.72 Å². The van der Waals surface area contributed by atoms with E-state index in [9.17, 15) is 8.42 Å². The largest absolute Gasteiger partial charge is 0.280 e. The van der Waals surface area contributed by atoms with Crippen LogP contribution in [0.15, 0.2) is 53.4 Å². The first kappa shape index (κ1) is 12.9. The van der Waals surface area contributed by atoms with Gasteiger partial charge in [-0.15, -0.1) is 0 Å². The molecule has 94 valence electrons. The molecule has 18 heavy (non-hydrogen) atoms. The normalized spacial score (nSPS) is 11.2. The van der Waals surface area contributed by atoms with E-state index in [4.69, 9.17) is 11.6 Å². The van der Waals surface area contributed by atoms with Crippen LogP contribution in [0.4, 0.5) is 5.69 Å². The number of sulfonamides is 1. The lowest BCUT2D eigenvalue weighted by Crippen LogP contribution is -2.12. The van der Waals surface area contributed by atoms with Crippen molar-refractivity contribution in [2.75, 3.05) is 4.72 Å². The molecule has 2 aromatic carbocycles. The van der Waals surface area contributed by atoms with Crippen molar-refractivity contribution in [2.24, 2.45) is 0 Å². The standard InChI is InChI=1S/C13H12ClNO2S/c1-10-4-2-6-12(8-10)15-18(16,17)13-7-3-5-11(14)9-13/h2-9,15H,1H3. The smallest absolute Gasteiger partial charge is 0.261 e. The van der Waals surface area contributed by atoms with Gasteiger partial charge in [-0.3, -0.25) is 4.72 Å². The van der Waals surface area contributed by atoms with E-state index in [1.807, 2.05) is 13.0 Å². The summed E-state index contributed by atoms with van der Waals surface area (Å²) in [7, 11) is -3.59. The molecule has 0 spiro atoms. The Labute approximate surface area is 111 Å². The highest BCUT2D eigenvalue weighted by molar-refractivity contribution is 7.92. The molecule has 0 aliphatic rings. The lowest BCUT2D eigenvalue weighted by molar-refractivity contribution is 0.601. The van der Waals surface area contributed by atoms with E-state index in [-0.39, 0.29) is 4.90 Å². The number of nitrogens with one attached hydrogen (secondary N) is 1. The lowest BCUT2D eigenvalue weighted by Gasteiger charge is -2.08. The van der Waals surface area contributed by atoms with E-state index in [0.29, 0.717) is 10.7 Å². The van der Waals surface area contributed by atoms with Crippen LogP contribution in [0.2, 0.25) is 5.02 Å². The van der Waals surface area contributed by atoms with Crippen molar-refractivity contribution in [1.82, 2.24) is 0 Å². The minimum absolute atomic E-state index is 0.150. The number of aryl methyl sites for hydroxylation is 1. The Morgan fingerprint density at radius 2 is 1.78 bits per heavy atom. The van der Waals surface area contributed by atoms with Gasteiger partial charge in [0.25, 0.3) is 10.0 Å². The van der Waals surface area contributed by atoms with Gasteiger partial charge in [-0.25, -0.2) is 8.42 Å². The van der Waals surface area contributed by atoms with Crippen LogP contribution in [-0.2, 0) is 10.0 Å². The number of hydrogen-bond donors (Lipinski definition) is 1. The first-order valence-electron chi connectivity index (χ1n) is 5.32. The molecular formula is C13H12ClNO2S. The van der Waals surface area contributed by atoms with Crippen molar-refractivity contribution in [2.45, 2.75) is 11.8 Å². The molecule has 0 aliphatic heterocycles. The highest BCUT2D eigenvalue weighted by Gasteiger charge is 2.14. The predicted molar refractivity (Wildman–Crippen MR) is 73.4 cm³/mol. The molecule has 3 nitrogen and oxygen atoms in total. The number of hydrogen-bond acceptors (Lipinski definition) is 2. The molecule has 0 saturated heterocycles. The predicted octanol–water partition coefficient (Wildman–Crippen LogP) is 3.45. The maximum absolute atomic E-state index is 12.1. The first-order valence-corrected chi connectivity index (χ1v) is 7.18. The zero-order chi connectivity index (χ0) is 13.2. The van der Waals surface area contributed by atoms with Gasteiger partial charge in [-0.05, 0) is 42.8 Å². The van der Waals surface area contributed by atoms with Crippen LogP contribution in [-0.4, -0.2) is 8.42 Å². The molecule has 0 atom stereocenters. The van der Waals surface area contributed by atoms with Crippen LogP contribution in [0.3, 0.4) is 0 Å². The Morgan fingerprint density at radius 3 is 2.44 bits per heavy atom. The molecule has 5 heteroatoms. The summed E-state index contributed by atoms with van der Waals surface area (Å²) in [4.78, 5) is 0.150. The minimum atomic E-state index is -3.59. The molecule has 0 saturated carbocycles. The van der Waals surface area contributed by atoms with Gasteiger partial charge in [0.2, 0.25) is 0 Å². The second kappa shape index (κ2) is 5.00. The summed E-state index contributed by atoms with van der Waals surface area (Å²) in [6.45, 7) is 1.90. The highest BCUT2D eigenvalue weighted by Crippen LogP contribution is 2.19. The van der Waals surface area contributed by atoms with Crippen molar-refractivity contribution in [1.29, 1.82) is 0 Å². The highest BCUT2D eigenvalue weighted by atomic mass is 35.5. The molecule has 0 heterocycles. The lowest BCUT2D eigenvalue weighted by atomic mass is 10.2. The van der Waals surface area contributed by atoms with E-state index in [1.54, 1.807) is 30.3 Å². The third-order valence-corrected chi connectivity index (χ3v) is 3.99. The molecule has 0 aliphatic carbocycles. The third kappa shape index (κ3) is 3.03. The van der Waals surface area contributed by atoms with Gasteiger partial charge in [0.05, 0.1) is 4.90 Å². The Balaban J connectivity index is 2.33. The average Bonchev–Trinajstić information content (AvgIpc) is 2.28. The van der Waals surface area contributed by atoms with Crippen LogP contribution in [0.1, 0.15) is 5.56 Å². The fourth-order valence-electron chi connectivity index (χ4n) is 1.56. The van der Waals surface area contributed by atoms with Gasteiger partial charge in [0.15, 0.2) is 0 Å². The maximum atomic E-state index is 12.1.